The lowest BCUT2D eigenvalue weighted by molar-refractivity contribution is -0.383. The number of nitro groups is 1. The van der Waals surface area contributed by atoms with Gasteiger partial charge in [0.05, 0.1) is 16.7 Å². The highest BCUT2D eigenvalue weighted by Crippen LogP contribution is 2.29. The van der Waals surface area contributed by atoms with Gasteiger partial charge in [-0.1, -0.05) is 0 Å². The van der Waals surface area contributed by atoms with E-state index >= 15 is 0 Å². The van der Waals surface area contributed by atoms with Crippen LogP contribution in [0.1, 0.15) is 11.1 Å². The topological polar surface area (TPSA) is 68.9 Å². The molecule has 72 valence electrons. The summed E-state index contributed by atoms with van der Waals surface area (Å²) in [5, 5.41) is 10.8. The minimum Gasteiger partial charge on any atom is -0.258 e. The van der Waals surface area contributed by atoms with Crippen molar-refractivity contribution in [2.75, 3.05) is 0 Å². The number of rotatable bonds is 1. The standard InChI is InChI=1S/C8H7N3O2S/c1-4-3-6-7(10-14-9-6)8(5(4)2)11(12)13/h3H,1-2H3. The van der Waals surface area contributed by atoms with E-state index in [0.29, 0.717) is 16.6 Å². The SMILES string of the molecule is Cc1cc2nsnc2c([N+](=O)[O-])c1C. The molecule has 0 unspecified atom stereocenters. The van der Waals surface area contributed by atoms with Crippen LogP contribution in [0.2, 0.25) is 0 Å². The largest absolute Gasteiger partial charge is 0.301 e. The Morgan fingerprint density at radius 2 is 2.14 bits per heavy atom. The van der Waals surface area contributed by atoms with Gasteiger partial charge in [0.1, 0.15) is 5.52 Å². The van der Waals surface area contributed by atoms with Gasteiger partial charge in [0.15, 0.2) is 5.52 Å². The van der Waals surface area contributed by atoms with Crippen LogP contribution in [-0.4, -0.2) is 13.7 Å². The van der Waals surface area contributed by atoms with E-state index in [1.165, 1.54) is 0 Å². The van der Waals surface area contributed by atoms with E-state index in [4.69, 9.17) is 0 Å². The lowest BCUT2D eigenvalue weighted by Crippen LogP contribution is -1.95. The first-order valence-electron chi connectivity index (χ1n) is 3.98. The van der Waals surface area contributed by atoms with Crippen molar-refractivity contribution in [1.82, 2.24) is 8.75 Å². The Hall–Kier alpha value is -1.56. The van der Waals surface area contributed by atoms with Crippen LogP contribution < -0.4 is 0 Å². The Morgan fingerprint density at radius 3 is 2.79 bits per heavy atom. The fourth-order valence-corrected chi connectivity index (χ4v) is 1.89. The lowest BCUT2D eigenvalue weighted by atomic mass is 10.1. The Bertz CT molecular complexity index is 521. The molecule has 0 bridgehead atoms. The van der Waals surface area contributed by atoms with Crippen LogP contribution in [0.3, 0.4) is 0 Å². The lowest BCUT2D eigenvalue weighted by Gasteiger charge is -2.00. The van der Waals surface area contributed by atoms with E-state index in [2.05, 4.69) is 8.75 Å². The van der Waals surface area contributed by atoms with Crippen molar-refractivity contribution in [2.45, 2.75) is 13.8 Å². The first-order chi connectivity index (χ1) is 6.61. The summed E-state index contributed by atoms with van der Waals surface area (Å²) >= 11 is 0.997. The van der Waals surface area contributed by atoms with Crippen LogP contribution in [-0.2, 0) is 0 Å². The number of nitrogens with zero attached hydrogens (tertiary/aromatic N) is 3. The molecule has 0 radical (unpaired) electrons. The number of hydrogen-bond donors (Lipinski definition) is 0. The molecule has 0 saturated carbocycles. The molecule has 1 aromatic heterocycles. The van der Waals surface area contributed by atoms with Crippen LogP contribution in [0.4, 0.5) is 5.69 Å². The molecule has 0 aliphatic heterocycles. The molecule has 6 heteroatoms. The summed E-state index contributed by atoms with van der Waals surface area (Å²) < 4.78 is 7.92. The van der Waals surface area contributed by atoms with E-state index < -0.39 is 4.92 Å². The molecule has 1 heterocycles. The van der Waals surface area contributed by atoms with Gasteiger partial charge < -0.3 is 0 Å². The zero-order chi connectivity index (χ0) is 10.3. The second kappa shape index (κ2) is 2.98. The molecule has 2 rings (SSSR count). The second-order valence-corrected chi connectivity index (χ2v) is 3.58. The van der Waals surface area contributed by atoms with E-state index in [-0.39, 0.29) is 5.69 Å². The predicted molar refractivity (Wildman–Crippen MR) is 53.5 cm³/mol. The first-order valence-corrected chi connectivity index (χ1v) is 4.71. The van der Waals surface area contributed by atoms with Gasteiger partial charge in [-0.2, -0.15) is 8.75 Å². The number of fused-ring (bicyclic) bond motifs is 1. The normalized spacial score (nSPS) is 10.7. The van der Waals surface area contributed by atoms with Crippen molar-refractivity contribution in [1.29, 1.82) is 0 Å². The van der Waals surface area contributed by atoms with Gasteiger partial charge in [0.25, 0.3) is 0 Å². The molecule has 2 aromatic rings. The second-order valence-electron chi connectivity index (χ2n) is 3.06. The number of aromatic nitrogens is 2. The third-order valence-electron chi connectivity index (χ3n) is 2.22. The molecule has 0 amide bonds. The fraction of sp³-hybridized carbons (Fsp3) is 0.250. The maximum Gasteiger partial charge on any atom is 0.301 e. The summed E-state index contributed by atoms with van der Waals surface area (Å²) in [5.74, 6) is 0. The molecule has 0 fully saturated rings. The van der Waals surface area contributed by atoms with E-state index in [1.807, 2.05) is 13.0 Å². The Balaban J connectivity index is 2.93. The van der Waals surface area contributed by atoms with Gasteiger partial charge in [0, 0.05) is 5.56 Å². The average molecular weight is 209 g/mol. The Kier molecular flexibility index (Phi) is 1.92. The number of hydrogen-bond acceptors (Lipinski definition) is 5. The van der Waals surface area contributed by atoms with Crippen LogP contribution in [0.5, 0.6) is 0 Å². The van der Waals surface area contributed by atoms with Crippen molar-refractivity contribution in [3.63, 3.8) is 0 Å². The smallest absolute Gasteiger partial charge is 0.258 e. The molecular formula is C8H7N3O2S. The quantitative estimate of drug-likeness (QED) is 0.533. The maximum atomic E-state index is 10.8. The molecule has 0 aliphatic rings. The molecular weight excluding hydrogens is 202 g/mol. The number of aryl methyl sites for hydroxylation is 1. The molecule has 0 aliphatic carbocycles. The Morgan fingerprint density at radius 1 is 1.43 bits per heavy atom. The summed E-state index contributed by atoms with van der Waals surface area (Å²) in [5.41, 5.74) is 2.61. The molecule has 0 saturated heterocycles. The first kappa shape index (κ1) is 9.01. The molecule has 0 spiro atoms. The summed E-state index contributed by atoms with van der Waals surface area (Å²) in [7, 11) is 0. The van der Waals surface area contributed by atoms with Crippen LogP contribution in [0.15, 0.2) is 6.07 Å². The third-order valence-corrected chi connectivity index (χ3v) is 2.76. The Labute approximate surface area is 83.9 Å². The predicted octanol–water partition coefficient (Wildman–Crippen LogP) is 2.22. The van der Waals surface area contributed by atoms with Crippen LogP contribution in [0, 0.1) is 24.0 Å². The number of benzene rings is 1. The average Bonchev–Trinajstić information content (AvgIpc) is 2.52. The summed E-state index contributed by atoms with van der Waals surface area (Å²) in [6.45, 7) is 3.56. The highest BCUT2D eigenvalue weighted by atomic mass is 32.1. The molecule has 5 nitrogen and oxygen atoms in total. The van der Waals surface area contributed by atoms with Gasteiger partial charge in [-0.05, 0) is 25.5 Å². The minimum absolute atomic E-state index is 0.0775. The van der Waals surface area contributed by atoms with Gasteiger partial charge in [-0.15, -0.1) is 0 Å². The van der Waals surface area contributed by atoms with Gasteiger partial charge in [0.2, 0.25) is 0 Å². The molecule has 1 aromatic carbocycles. The monoisotopic (exact) mass is 209 g/mol. The zero-order valence-electron chi connectivity index (χ0n) is 7.64. The minimum atomic E-state index is -0.397. The molecule has 0 N–H and O–H groups in total. The summed E-state index contributed by atoms with van der Waals surface area (Å²) in [6, 6.07) is 1.82. The van der Waals surface area contributed by atoms with E-state index in [1.54, 1.807) is 6.92 Å². The van der Waals surface area contributed by atoms with Gasteiger partial charge in [-0.3, -0.25) is 10.1 Å². The molecule has 14 heavy (non-hydrogen) atoms. The highest BCUT2D eigenvalue weighted by molar-refractivity contribution is 7.00. The van der Waals surface area contributed by atoms with Crippen molar-refractivity contribution in [3.8, 4) is 0 Å². The van der Waals surface area contributed by atoms with Crippen molar-refractivity contribution >= 4 is 28.4 Å². The summed E-state index contributed by atoms with van der Waals surface area (Å²) in [6.07, 6.45) is 0. The van der Waals surface area contributed by atoms with Crippen molar-refractivity contribution < 1.29 is 4.92 Å². The zero-order valence-corrected chi connectivity index (χ0v) is 8.46. The maximum absolute atomic E-state index is 10.8. The van der Waals surface area contributed by atoms with Crippen LogP contribution >= 0.6 is 11.7 Å². The van der Waals surface area contributed by atoms with E-state index in [0.717, 1.165) is 17.3 Å². The van der Waals surface area contributed by atoms with Crippen LogP contribution in [0.25, 0.3) is 11.0 Å². The van der Waals surface area contributed by atoms with Gasteiger partial charge >= 0.3 is 5.69 Å². The highest BCUT2D eigenvalue weighted by Gasteiger charge is 2.20. The van der Waals surface area contributed by atoms with Crippen molar-refractivity contribution in [2.24, 2.45) is 0 Å². The molecule has 0 atom stereocenters. The number of nitro benzene ring substituents is 1. The van der Waals surface area contributed by atoms with E-state index in [9.17, 15) is 10.1 Å². The summed E-state index contributed by atoms with van der Waals surface area (Å²) in [4.78, 5) is 10.4. The third kappa shape index (κ3) is 1.15. The van der Waals surface area contributed by atoms with Crippen molar-refractivity contribution in [3.05, 3.63) is 27.3 Å². The fourth-order valence-electron chi connectivity index (χ4n) is 1.36. The van der Waals surface area contributed by atoms with Gasteiger partial charge in [-0.25, -0.2) is 0 Å².